The van der Waals surface area contributed by atoms with Gasteiger partial charge in [0.15, 0.2) is 0 Å². The van der Waals surface area contributed by atoms with Crippen LogP contribution in [-0.2, 0) is 6.42 Å². The van der Waals surface area contributed by atoms with E-state index >= 15 is 0 Å². The summed E-state index contributed by atoms with van der Waals surface area (Å²) in [7, 11) is 0. The normalized spacial score (nSPS) is 10.6. The Balaban J connectivity index is 2.66. The van der Waals surface area contributed by atoms with E-state index in [9.17, 15) is 0 Å². The van der Waals surface area contributed by atoms with Crippen LogP contribution in [0.3, 0.4) is 0 Å². The first-order valence-corrected chi connectivity index (χ1v) is 4.02. The number of rotatable bonds is 2. The molecule has 1 N–H and O–H groups in total. The van der Waals surface area contributed by atoms with E-state index in [1.54, 1.807) is 0 Å². The summed E-state index contributed by atoms with van der Waals surface area (Å²) in [5.74, 6) is 0. The average molecular weight is 214 g/mol. The Morgan fingerprint density at radius 1 is 1.36 bits per heavy atom. The van der Waals surface area contributed by atoms with Crippen LogP contribution in [0.4, 0.5) is 0 Å². The van der Waals surface area contributed by atoms with E-state index in [1.807, 2.05) is 24.3 Å². The van der Waals surface area contributed by atoms with Crippen molar-refractivity contribution in [1.82, 2.24) is 0 Å². The summed E-state index contributed by atoms with van der Waals surface area (Å²) in [5, 5.41) is 11.1. The molecule has 0 bridgehead atoms. The van der Waals surface area contributed by atoms with Crippen LogP contribution in [0.5, 0.6) is 0 Å². The molecule has 1 aromatic carbocycles. The molecular weight excluding hydrogens is 206 g/mol. The van der Waals surface area contributed by atoms with Crippen LogP contribution in [0.2, 0.25) is 0 Å². The molecule has 0 heterocycles. The molecule has 0 saturated carbocycles. The van der Waals surface area contributed by atoms with Gasteiger partial charge in [-0.2, -0.15) is 0 Å². The maximum absolute atomic E-state index is 8.14. The van der Waals surface area contributed by atoms with Crippen molar-refractivity contribution in [2.45, 2.75) is 6.42 Å². The van der Waals surface area contributed by atoms with E-state index in [0.29, 0.717) is 6.42 Å². The molecule has 2 nitrogen and oxygen atoms in total. The van der Waals surface area contributed by atoms with Gasteiger partial charge in [-0.1, -0.05) is 28.1 Å². The molecule has 3 heteroatoms. The topological polar surface area (TPSA) is 32.6 Å². The van der Waals surface area contributed by atoms with Gasteiger partial charge in [0.25, 0.3) is 0 Å². The van der Waals surface area contributed by atoms with Gasteiger partial charge >= 0.3 is 0 Å². The highest BCUT2D eigenvalue weighted by Gasteiger charge is 1.88. The van der Waals surface area contributed by atoms with Crippen LogP contribution >= 0.6 is 15.9 Å². The van der Waals surface area contributed by atoms with E-state index in [4.69, 9.17) is 5.21 Å². The summed E-state index contributed by atoms with van der Waals surface area (Å²) in [4.78, 5) is 0. The Labute approximate surface area is 73.7 Å². The molecule has 0 atom stereocenters. The van der Waals surface area contributed by atoms with Crippen molar-refractivity contribution in [3.63, 3.8) is 0 Å². The highest BCUT2D eigenvalue weighted by molar-refractivity contribution is 9.10. The lowest BCUT2D eigenvalue weighted by atomic mass is 10.2. The molecule has 11 heavy (non-hydrogen) atoms. The van der Waals surface area contributed by atoms with Crippen LogP contribution in [-0.4, -0.2) is 11.4 Å². The molecule has 0 aliphatic carbocycles. The fraction of sp³-hybridized carbons (Fsp3) is 0.125. The van der Waals surface area contributed by atoms with Gasteiger partial charge in [-0.3, -0.25) is 0 Å². The smallest absolute Gasteiger partial charge is 0.0479 e. The van der Waals surface area contributed by atoms with Gasteiger partial charge in [-0.25, -0.2) is 0 Å². The van der Waals surface area contributed by atoms with Crippen molar-refractivity contribution in [3.05, 3.63) is 34.3 Å². The number of nitrogens with zero attached hydrogens (tertiary/aromatic N) is 1. The zero-order chi connectivity index (χ0) is 8.10. The molecule has 0 unspecified atom stereocenters. The average Bonchev–Trinajstić information content (AvgIpc) is 2.04. The largest absolute Gasteiger partial charge is 0.411 e. The predicted molar refractivity (Wildman–Crippen MR) is 48.1 cm³/mol. The summed E-state index contributed by atoms with van der Waals surface area (Å²) in [6, 6.07) is 7.87. The van der Waals surface area contributed by atoms with Gasteiger partial charge in [0.1, 0.15) is 0 Å². The first-order chi connectivity index (χ1) is 5.33. The molecule has 0 spiro atoms. The third kappa shape index (κ3) is 2.72. The van der Waals surface area contributed by atoms with Crippen molar-refractivity contribution < 1.29 is 5.21 Å². The summed E-state index contributed by atoms with van der Waals surface area (Å²) < 4.78 is 1.06. The Bertz CT molecular complexity index is 243. The van der Waals surface area contributed by atoms with E-state index < -0.39 is 0 Å². The number of oxime groups is 1. The third-order valence-corrected chi connectivity index (χ3v) is 1.85. The Hall–Kier alpha value is -0.830. The third-order valence-electron chi connectivity index (χ3n) is 1.32. The molecule has 1 aromatic rings. The number of halogens is 1. The molecule has 0 fully saturated rings. The molecule has 1 rings (SSSR count). The second kappa shape index (κ2) is 4.13. The minimum absolute atomic E-state index is 0.670. The summed E-state index contributed by atoms with van der Waals surface area (Å²) in [5.41, 5.74) is 1.13. The van der Waals surface area contributed by atoms with Crippen molar-refractivity contribution >= 4 is 22.1 Å². The molecule has 0 aliphatic rings. The van der Waals surface area contributed by atoms with E-state index in [-0.39, 0.29) is 0 Å². The van der Waals surface area contributed by atoms with Gasteiger partial charge in [-0.15, -0.1) is 5.16 Å². The lowest BCUT2D eigenvalue weighted by Crippen LogP contribution is -1.84. The standard InChI is InChI=1S/C8H8BrNO/c9-8-3-1-7(2-4-8)5-6-10-11/h1-4,6,11H,5H2. The molecule has 0 amide bonds. The Kier molecular flexibility index (Phi) is 3.11. The molecule has 0 saturated heterocycles. The van der Waals surface area contributed by atoms with E-state index in [0.717, 1.165) is 10.0 Å². The second-order valence-corrected chi connectivity index (χ2v) is 3.04. The number of hydrogen-bond acceptors (Lipinski definition) is 2. The summed E-state index contributed by atoms with van der Waals surface area (Å²) in [6.45, 7) is 0. The van der Waals surface area contributed by atoms with Crippen LogP contribution in [0.1, 0.15) is 5.56 Å². The van der Waals surface area contributed by atoms with Crippen molar-refractivity contribution in [2.75, 3.05) is 0 Å². The molecular formula is C8H8BrNO. The van der Waals surface area contributed by atoms with Gasteiger partial charge in [0, 0.05) is 17.1 Å². The highest BCUT2D eigenvalue weighted by Crippen LogP contribution is 2.10. The zero-order valence-corrected chi connectivity index (χ0v) is 7.45. The lowest BCUT2D eigenvalue weighted by Gasteiger charge is -1.94. The zero-order valence-electron chi connectivity index (χ0n) is 5.87. The first-order valence-electron chi connectivity index (χ1n) is 3.23. The van der Waals surface area contributed by atoms with Crippen LogP contribution in [0, 0.1) is 0 Å². The van der Waals surface area contributed by atoms with Gasteiger partial charge in [-0.05, 0) is 17.7 Å². The maximum atomic E-state index is 8.14. The van der Waals surface area contributed by atoms with Gasteiger partial charge in [0.05, 0.1) is 0 Å². The Morgan fingerprint density at radius 3 is 2.55 bits per heavy atom. The monoisotopic (exact) mass is 213 g/mol. The fourth-order valence-corrected chi connectivity index (χ4v) is 1.03. The number of hydrogen-bond donors (Lipinski definition) is 1. The van der Waals surface area contributed by atoms with Gasteiger partial charge < -0.3 is 5.21 Å². The van der Waals surface area contributed by atoms with Crippen molar-refractivity contribution in [2.24, 2.45) is 5.16 Å². The van der Waals surface area contributed by atoms with Crippen molar-refractivity contribution in [3.8, 4) is 0 Å². The molecule has 58 valence electrons. The SMILES string of the molecule is ON=CCc1ccc(Br)cc1. The summed E-state index contributed by atoms with van der Waals surface area (Å²) in [6.07, 6.45) is 2.13. The molecule has 0 aliphatic heterocycles. The second-order valence-electron chi connectivity index (χ2n) is 2.13. The fourth-order valence-electron chi connectivity index (χ4n) is 0.767. The van der Waals surface area contributed by atoms with E-state index in [2.05, 4.69) is 21.1 Å². The minimum atomic E-state index is 0.670. The Morgan fingerprint density at radius 2 is 2.00 bits per heavy atom. The predicted octanol–water partition coefficient (Wildman–Crippen LogP) is 2.45. The summed E-state index contributed by atoms with van der Waals surface area (Å²) >= 11 is 3.33. The quantitative estimate of drug-likeness (QED) is 0.457. The molecule has 0 radical (unpaired) electrons. The van der Waals surface area contributed by atoms with Gasteiger partial charge in [0.2, 0.25) is 0 Å². The van der Waals surface area contributed by atoms with Crippen LogP contribution < -0.4 is 0 Å². The molecule has 0 aromatic heterocycles. The number of benzene rings is 1. The first kappa shape index (κ1) is 8.27. The highest BCUT2D eigenvalue weighted by atomic mass is 79.9. The van der Waals surface area contributed by atoms with Crippen molar-refractivity contribution in [1.29, 1.82) is 0 Å². The van der Waals surface area contributed by atoms with Crippen LogP contribution in [0.15, 0.2) is 33.9 Å². The van der Waals surface area contributed by atoms with Crippen LogP contribution in [0.25, 0.3) is 0 Å². The van der Waals surface area contributed by atoms with E-state index in [1.165, 1.54) is 6.21 Å². The maximum Gasteiger partial charge on any atom is 0.0479 e. The minimum Gasteiger partial charge on any atom is -0.411 e. The lowest BCUT2D eigenvalue weighted by molar-refractivity contribution is 0.321.